The first-order valence-corrected chi connectivity index (χ1v) is 14.6. The number of amides is 2. The molecule has 1 aromatic heterocycles. The van der Waals surface area contributed by atoms with Gasteiger partial charge >= 0.3 is 0 Å². The molecule has 3 aliphatic carbocycles. The van der Waals surface area contributed by atoms with E-state index in [1.807, 2.05) is 41.3 Å². The van der Waals surface area contributed by atoms with E-state index >= 15 is 0 Å². The fourth-order valence-electron chi connectivity index (χ4n) is 7.97. The highest BCUT2D eigenvalue weighted by atomic mass is 16.2. The fraction of sp³-hybridized carbons (Fsp3) is 0.394. The number of fused-ring (bicyclic) bond motifs is 3. The van der Waals surface area contributed by atoms with E-state index in [1.54, 1.807) is 12.3 Å². The number of nitrogens with two attached hydrogens (primary N) is 1. The summed E-state index contributed by atoms with van der Waals surface area (Å²) in [5.41, 5.74) is 10.1. The molecule has 8 heteroatoms. The molecule has 1 saturated heterocycles. The molecule has 8 nitrogen and oxygen atoms in total. The molecule has 0 bridgehead atoms. The molecule has 2 aromatic carbocycles. The van der Waals surface area contributed by atoms with Crippen LogP contribution in [0, 0.1) is 0 Å². The molecule has 2 spiro atoms. The highest BCUT2D eigenvalue weighted by Crippen LogP contribution is 2.47. The largest absolute Gasteiger partial charge is 0.383 e. The molecule has 41 heavy (non-hydrogen) atoms. The average molecular weight is 550 g/mol. The van der Waals surface area contributed by atoms with Gasteiger partial charge in [0.2, 0.25) is 11.8 Å². The number of pyridine rings is 1. The summed E-state index contributed by atoms with van der Waals surface area (Å²) < 4.78 is 0. The molecule has 210 valence electrons. The maximum atomic E-state index is 14.2. The maximum absolute atomic E-state index is 14.2. The summed E-state index contributed by atoms with van der Waals surface area (Å²) in [6.45, 7) is 0.658. The van der Waals surface area contributed by atoms with Crippen LogP contribution in [0.1, 0.15) is 59.9 Å². The van der Waals surface area contributed by atoms with E-state index in [9.17, 15) is 14.4 Å². The molecule has 4 N–H and O–H groups in total. The third-order valence-electron chi connectivity index (χ3n) is 10.1. The van der Waals surface area contributed by atoms with Gasteiger partial charge in [-0.2, -0.15) is 0 Å². The first-order chi connectivity index (χ1) is 19.9. The number of benzene rings is 2. The Balaban J connectivity index is 1.14. The van der Waals surface area contributed by atoms with Gasteiger partial charge in [-0.3, -0.25) is 9.59 Å². The van der Waals surface area contributed by atoms with Crippen molar-refractivity contribution in [2.24, 2.45) is 0 Å². The van der Waals surface area contributed by atoms with Crippen molar-refractivity contribution in [1.29, 1.82) is 0 Å². The molecule has 1 saturated carbocycles. The second-order valence-corrected chi connectivity index (χ2v) is 12.3. The van der Waals surface area contributed by atoms with Gasteiger partial charge in [0.25, 0.3) is 0 Å². The summed E-state index contributed by atoms with van der Waals surface area (Å²) in [6, 6.07) is 17.8. The van der Waals surface area contributed by atoms with Crippen LogP contribution >= 0.6 is 0 Å². The summed E-state index contributed by atoms with van der Waals surface area (Å²) in [5, 5.41) is 6.73. The van der Waals surface area contributed by atoms with Crippen LogP contribution in [0.2, 0.25) is 0 Å². The number of anilines is 2. The summed E-state index contributed by atoms with van der Waals surface area (Å²) >= 11 is 0. The molecule has 2 fully saturated rings. The molecular formula is C33H35N5O3. The number of nitrogens with zero attached hydrogens (tertiary/aromatic N) is 2. The molecule has 2 atom stereocenters. The lowest BCUT2D eigenvalue weighted by Gasteiger charge is -2.52. The number of piperazine rings is 1. The minimum absolute atomic E-state index is 0.00181. The Morgan fingerprint density at radius 2 is 1.78 bits per heavy atom. The lowest BCUT2D eigenvalue weighted by Crippen LogP contribution is -2.71. The SMILES string of the molecule is Nc1ncccc1[C@@]1(C=O)Cc2ccc(NC(=O)CN3C(=O)C4(CCCC4)NC[C@@]34CCc3ccccc34)cc2C1. The Hall–Kier alpha value is -4.04. The van der Waals surface area contributed by atoms with Crippen molar-refractivity contribution < 1.29 is 14.4 Å². The van der Waals surface area contributed by atoms with Crippen molar-refractivity contribution in [2.45, 2.75) is 67.9 Å². The van der Waals surface area contributed by atoms with Gasteiger partial charge in [-0.25, -0.2) is 4.98 Å². The number of carbonyl (C=O) groups is 3. The predicted octanol–water partition coefficient (Wildman–Crippen LogP) is 3.42. The zero-order valence-corrected chi connectivity index (χ0v) is 23.1. The van der Waals surface area contributed by atoms with Crippen LogP contribution in [0.15, 0.2) is 60.8 Å². The minimum Gasteiger partial charge on any atom is -0.383 e. The monoisotopic (exact) mass is 549 g/mol. The summed E-state index contributed by atoms with van der Waals surface area (Å²) in [6.07, 6.45) is 8.98. The third-order valence-corrected chi connectivity index (χ3v) is 10.1. The van der Waals surface area contributed by atoms with Crippen LogP contribution in [0.4, 0.5) is 11.5 Å². The molecule has 2 heterocycles. The van der Waals surface area contributed by atoms with Crippen molar-refractivity contribution in [3.63, 3.8) is 0 Å². The van der Waals surface area contributed by atoms with E-state index in [0.29, 0.717) is 30.9 Å². The van der Waals surface area contributed by atoms with Gasteiger partial charge in [0.15, 0.2) is 0 Å². The molecule has 7 rings (SSSR count). The topological polar surface area (TPSA) is 117 Å². The number of carbonyl (C=O) groups excluding carboxylic acids is 3. The van der Waals surface area contributed by atoms with Gasteiger partial charge in [-0.05, 0) is 79.0 Å². The van der Waals surface area contributed by atoms with Crippen molar-refractivity contribution in [1.82, 2.24) is 15.2 Å². The first-order valence-electron chi connectivity index (χ1n) is 14.6. The van der Waals surface area contributed by atoms with Crippen LogP contribution in [0.3, 0.4) is 0 Å². The summed E-state index contributed by atoms with van der Waals surface area (Å²) in [4.78, 5) is 46.3. The van der Waals surface area contributed by atoms with Crippen molar-refractivity contribution in [2.75, 3.05) is 24.1 Å². The van der Waals surface area contributed by atoms with Crippen molar-refractivity contribution in [3.8, 4) is 0 Å². The number of nitrogen functional groups attached to an aromatic ring is 1. The highest BCUT2D eigenvalue weighted by molar-refractivity contribution is 5.97. The van der Waals surface area contributed by atoms with Crippen LogP contribution in [0.25, 0.3) is 0 Å². The Kier molecular flexibility index (Phi) is 6.01. The number of aromatic nitrogens is 1. The molecule has 0 radical (unpaired) electrons. The smallest absolute Gasteiger partial charge is 0.244 e. The van der Waals surface area contributed by atoms with E-state index in [1.165, 1.54) is 5.56 Å². The Morgan fingerprint density at radius 1 is 1.00 bits per heavy atom. The Bertz CT molecular complexity index is 1560. The van der Waals surface area contributed by atoms with Crippen molar-refractivity contribution >= 4 is 29.6 Å². The first kappa shape index (κ1) is 25.9. The minimum atomic E-state index is -0.769. The summed E-state index contributed by atoms with van der Waals surface area (Å²) in [5.74, 6) is 0.198. The van der Waals surface area contributed by atoms with E-state index < -0.39 is 16.5 Å². The van der Waals surface area contributed by atoms with E-state index in [4.69, 9.17) is 5.73 Å². The van der Waals surface area contributed by atoms with Crippen LogP contribution in [0.5, 0.6) is 0 Å². The van der Waals surface area contributed by atoms with Crippen LogP contribution < -0.4 is 16.4 Å². The lowest BCUT2D eigenvalue weighted by molar-refractivity contribution is -0.154. The predicted molar refractivity (Wildman–Crippen MR) is 156 cm³/mol. The Labute approximate surface area is 239 Å². The van der Waals surface area contributed by atoms with E-state index in [-0.39, 0.29) is 18.4 Å². The summed E-state index contributed by atoms with van der Waals surface area (Å²) in [7, 11) is 0. The van der Waals surface area contributed by atoms with Gasteiger partial charge in [0.1, 0.15) is 18.6 Å². The zero-order chi connectivity index (χ0) is 28.2. The average Bonchev–Trinajstić information content (AvgIpc) is 3.71. The maximum Gasteiger partial charge on any atom is 0.244 e. The molecule has 4 aliphatic rings. The Morgan fingerprint density at radius 3 is 2.59 bits per heavy atom. The lowest BCUT2D eigenvalue weighted by atomic mass is 9.79. The second-order valence-electron chi connectivity index (χ2n) is 12.3. The zero-order valence-electron chi connectivity index (χ0n) is 23.1. The quantitative estimate of drug-likeness (QED) is 0.420. The second kappa shape index (κ2) is 9.52. The molecule has 1 aliphatic heterocycles. The fourth-order valence-corrected chi connectivity index (χ4v) is 7.97. The number of nitrogens with one attached hydrogen (secondary N) is 2. The van der Waals surface area contributed by atoms with Gasteiger partial charge in [-0.1, -0.05) is 49.2 Å². The van der Waals surface area contributed by atoms with Crippen molar-refractivity contribution in [3.05, 3.63) is 88.6 Å². The normalized spacial score (nSPS) is 25.9. The van der Waals surface area contributed by atoms with Gasteiger partial charge in [-0.15, -0.1) is 0 Å². The third kappa shape index (κ3) is 3.99. The molecule has 0 unspecified atom stereocenters. The van der Waals surface area contributed by atoms with Crippen LogP contribution in [-0.4, -0.2) is 46.6 Å². The van der Waals surface area contributed by atoms with Crippen LogP contribution in [-0.2, 0) is 44.6 Å². The van der Waals surface area contributed by atoms with E-state index in [0.717, 1.165) is 67.1 Å². The molecule has 2 amide bonds. The number of hydrogen-bond acceptors (Lipinski definition) is 6. The van der Waals surface area contributed by atoms with Gasteiger partial charge in [0.05, 0.1) is 16.5 Å². The number of aldehydes is 1. The van der Waals surface area contributed by atoms with Gasteiger partial charge < -0.3 is 26.1 Å². The highest BCUT2D eigenvalue weighted by Gasteiger charge is 2.57. The standard InChI is InChI=1S/C33H35N5O3/c34-29-27(8-5-15-35-29)31(21-39)17-23-9-10-25(16-24(23)18-31)37-28(40)19-38-30(41)32(12-3-4-13-32)36-20-33(38)14-11-22-6-1-2-7-26(22)33/h1-2,5-10,15-16,21,36H,3-4,11-14,17-20H2,(H2,34,35)(H,37,40)/t31-,33+/m0/s1. The number of hydrogen-bond donors (Lipinski definition) is 3. The molecule has 3 aromatic rings. The number of aryl methyl sites for hydroxylation is 1. The van der Waals surface area contributed by atoms with E-state index in [2.05, 4.69) is 27.8 Å². The van der Waals surface area contributed by atoms with Gasteiger partial charge in [0, 0.05) is 24.0 Å². The number of rotatable bonds is 5. The molecular weight excluding hydrogens is 514 g/mol.